The first-order chi connectivity index (χ1) is 8.72. The van der Waals surface area contributed by atoms with Crippen LogP contribution in [0, 0.1) is 11.3 Å². The van der Waals surface area contributed by atoms with Gasteiger partial charge in [-0.05, 0) is 37.0 Å². The molecule has 0 bridgehead atoms. The smallest absolute Gasteiger partial charge is 0.338 e. The molecule has 0 aliphatic carbocycles. The lowest BCUT2D eigenvalue weighted by Gasteiger charge is -2.09. The highest BCUT2D eigenvalue weighted by atomic mass is 35.5. The Labute approximate surface area is 112 Å². The number of halogens is 1. The molecule has 0 spiro atoms. The lowest BCUT2D eigenvalue weighted by molar-refractivity contribution is 0.0525. The predicted octanol–water partition coefficient (Wildman–Crippen LogP) is 3.10. The van der Waals surface area contributed by atoms with Gasteiger partial charge in [0.15, 0.2) is 0 Å². The molecular formula is C14H16ClNO2. The number of nitrogens with zero attached hydrogens (tertiary/aromatic N) is 1. The summed E-state index contributed by atoms with van der Waals surface area (Å²) >= 11 is 5.67. The summed E-state index contributed by atoms with van der Waals surface area (Å²) in [6.07, 6.45) is 1.85. The van der Waals surface area contributed by atoms with Crippen LogP contribution in [0.5, 0.6) is 0 Å². The molecule has 3 nitrogen and oxygen atoms in total. The number of benzene rings is 1. The van der Waals surface area contributed by atoms with Crippen LogP contribution >= 0.6 is 11.6 Å². The first-order valence-electron chi connectivity index (χ1n) is 5.94. The third-order valence-corrected chi connectivity index (χ3v) is 2.80. The van der Waals surface area contributed by atoms with E-state index >= 15 is 0 Å². The van der Waals surface area contributed by atoms with Gasteiger partial charge >= 0.3 is 5.97 Å². The summed E-state index contributed by atoms with van der Waals surface area (Å²) in [7, 11) is 0. The van der Waals surface area contributed by atoms with Crippen LogP contribution in [0.4, 0.5) is 0 Å². The molecule has 96 valence electrons. The molecule has 4 heteroatoms. The Balaban J connectivity index is 3.01. The van der Waals surface area contributed by atoms with E-state index in [0.717, 1.165) is 24.0 Å². The lowest BCUT2D eigenvalue weighted by Crippen LogP contribution is -2.09. The number of hydrogen-bond acceptors (Lipinski definition) is 3. The summed E-state index contributed by atoms with van der Waals surface area (Å²) in [6, 6.07) is 7.56. The van der Waals surface area contributed by atoms with Gasteiger partial charge in [0.05, 0.1) is 24.7 Å². The van der Waals surface area contributed by atoms with Gasteiger partial charge in [-0.25, -0.2) is 4.79 Å². The van der Waals surface area contributed by atoms with E-state index < -0.39 is 0 Å². The zero-order chi connectivity index (χ0) is 13.4. The number of esters is 1. The fourth-order valence-corrected chi connectivity index (χ4v) is 1.83. The zero-order valence-electron chi connectivity index (χ0n) is 10.4. The summed E-state index contributed by atoms with van der Waals surface area (Å²) in [5.74, 6) is 0.226. The fraction of sp³-hybridized carbons (Fsp3) is 0.429. The van der Waals surface area contributed by atoms with Crippen LogP contribution in [-0.2, 0) is 17.6 Å². The van der Waals surface area contributed by atoms with Crippen LogP contribution in [0.2, 0.25) is 0 Å². The Bertz CT molecular complexity index is 452. The highest BCUT2D eigenvalue weighted by molar-refractivity contribution is 6.17. The van der Waals surface area contributed by atoms with E-state index in [9.17, 15) is 4.79 Å². The molecule has 0 saturated heterocycles. The minimum atomic E-state index is -0.332. The molecule has 0 aliphatic heterocycles. The van der Waals surface area contributed by atoms with E-state index in [2.05, 4.69) is 6.07 Å². The van der Waals surface area contributed by atoms with Crippen LogP contribution in [0.15, 0.2) is 18.2 Å². The van der Waals surface area contributed by atoms with E-state index in [0.29, 0.717) is 24.5 Å². The molecule has 0 saturated carbocycles. The molecule has 0 radical (unpaired) electrons. The average molecular weight is 266 g/mol. The summed E-state index contributed by atoms with van der Waals surface area (Å²) < 4.78 is 5.03. The topological polar surface area (TPSA) is 50.1 Å². The molecule has 0 N–H and O–H groups in total. The number of ether oxygens (including phenoxy) is 1. The van der Waals surface area contributed by atoms with Crippen LogP contribution < -0.4 is 0 Å². The van der Waals surface area contributed by atoms with E-state index in [-0.39, 0.29) is 5.97 Å². The van der Waals surface area contributed by atoms with Crippen molar-refractivity contribution >= 4 is 17.6 Å². The SMILES string of the molecule is CCOC(=O)c1cc(CC#N)ccc1CCCCl. The lowest BCUT2D eigenvalue weighted by atomic mass is 9.99. The second-order valence-corrected chi connectivity index (χ2v) is 4.22. The Morgan fingerprint density at radius 1 is 1.50 bits per heavy atom. The second-order valence-electron chi connectivity index (χ2n) is 3.84. The quantitative estimate of drug-likeness (QED) is 0.587. The normalized spacial score (nSPS) is 9.83. The number of alkyl halides is 1. The van der Waals surface area contributed by atoms with Gasteiger partial charge in [-0.3, -0.25) is 0 Å². The molecule has 0 aromatic heterocycles. The van der Waals surface area contributed by atoms with Crippen molar-refractivity contribution in [3.8, 4) is 6.07 Å². The monoisotopic (exact) mass is 265 g/mol. The molecule has 0 fully saturated rings. The van der Waals surface area contributed by atoms with Gasteiger partial charge in [0.2, 0.25) is 0 Å². The van der Waals surface area contributed by atoms with Gasteiger partial charge in [-0.2, -0.15) is 5.26 Å². The van der Waals surface area contributed by atoms with E-state index in [1.165, 1.54) is 0 Å². The number of rotatable bonds is 6. The maximum absolute atomic E-state index is 11.8. The molecule has 0 amide bonds. The molecular weight excluding hydrogens is 250 g/mol. The number of aryl methyl sites for hydroxylation is 1. The van der Waals surface area contributed by atoms with Crippen molar-refractivity contribution in [2.75, 3.05) is 12.5 Å². The molecule has 1 aromatic carbocycles. The minimum Gasteiger partial charge on any atom is -0.462 e. The summed E-state index contributed by atoms with van der Waals surface area (Å²) in [6.45, 7) is 2.12. The maximum atomic E-state index is 11.8. The largest absolute Gasteiger partial charge is 0.462 e. The number of carbonyl (C=O) groups is 1. The molecule has 1 rings (SSSR count). The maximum Gasteiger partial charge on any atom is 0.338 e. The molecule has 0 atom stereocenters. The van der Waals surface area contributed by atoms with Gasteiger partial charge in [0.1, 0.15) is 0 Å². The third-order valence-electron chi connectivity index (χ3n) is 2.53. The van der Waals surface area contributed by atoms with Crippen molar-refractivity contribution in [3.05, 3.63) is 34.9 Å². The number of carbonyl (C=O) groups excluding carboxylic acids is 1. The Morgan fingerprint density at radius 3 is 2.89 bits per heavy atom. The molecule has 0 heterocycles. The summed E-state index contributed by atoms with van der Waals surface area (Å²) in [5, 5.41) is 8.68. The van der Waals surface area contributed by atoms with Gasteiger partial charge in [0.25, 0.3) is 0 Å². The van der Waals surface area contributed by atoms with Crippen LogP contribution in [-0.4, -0.2) is 18.5 Å². The average Bonchev–Trinajstić information content (AvgIpc) is 2.38. The van der Waals surface area contributed by atoms with E-state index in [4.69, 9.17) is 21.6 Å². The second kappa shape index (κ2) is 7.73. The van der Waals surface area contributed by atoms with Crippen molar-refractivity contribution in [3.63, 3.8) is 0 Å². The first kappa shape index (κ1) is 14.5. The van der Waals surface area contributed by atoms with E-state index in [1.54, 1.807) is 13.0 Å². The van der Waals surface area contributed by atoms with Gasteiger partial charge in [0, 0.05) is 5.88 Å². The highest BCUT2D eigenvalue weighted by Gasteiger charge is 2.13. The summed E-state index contributed by atoms with van der Waals surface area (Å²) in [4.78, 5) is 11.8. The Hall–Kier alpha value is -1.53. The molecule has 0 unspecified atom stereocenters. The Kier molecular flexibility index (Phi) is 6.24. The van der Waals surface area contributed by atoms with Crippen molar-refractivity contribution in [1.29, 1.82) is 5.26 Å². The van der Waals surface area contributed by atoms with Gasteiger partial charge in [-0.15, -0.1) is 11.6 Å². The minimum absolute atomic E-state index is 0.294. The van der Waals surface area contributed by atoms with E-state index in [1.807, 2.05) is 12.1 Å². The number of hydrogen-bond donors (Lipinski definition) is 0. The third kappa shape index (κ3) is 4.05. The standard InChI is InChI=1S/C14H16ClNO2/c1-2-18-14(17)13-10-11(7-9-16)5-6-12(13)4-3-8-15/h5-6,10H,2-4,7-8H2,1H3. The van der Waals surface area contributed by atoms with Gasteiger partial charge < -0.3 is 4.74 Å². The Morgan fingerprint density at radius 2 is 2.28 bits per heavy atom. The van der Waals surface area contributed by atoms with Crippen LogP contribution in [0.3, 0.4) is 0 Å². The molecule has 18 heavy (non-hydrogen) atoms. The molecule has 1 aromatic rings. The van der Waals surface area contributed by atoms with Crippen molar-refractivity contribution < 1.29 is 9.53 Å². The zero-order valence-corrected chi connectivity index (χ0v) is 11.2. The number of nitriles is 1. The van der Waals surface area contributed by atoms with Crippen molar-refractivity contribution in [1.82, 2.24) is 0 Å². The predicted molar refractivity (Wildman–Crippen MR) is 70.8 cm³/mol. The van der Waals surface area contributed by atoms with Crippen LogP contribution in [0.25, 0.3) is 0 Å². The first-order valence-corrected chi connectivity index (χ1v) is 6.48. The van der Waals surface area contributed by atoms with Crippen molar-refractivity contribution in [2.45, 2.75) is 26.2 Å². The molecule has 0 aliphatic rings. The highest BCUT2D eigenvalue weighted by Crippen LogP contribution is 2.16. The van der Waals surface area contributed by atoms with Gasteiger partial charge in [-0.1, -0.05) is 12.1 Å². The van der Waals surface area contributed by atoms with Crippen molar-refractivity contribution in [2.24, 2.45) is 0 Å². The summed E-state index contributed by atoms with van der Waals surface area (Å²) in [5.41, 5.74) is 2.31. The fourth-order valence-electron chi connectivity index (χ4n) is 1.70. The van der Waals surface area contributed by atoms with Crippen LogP contribution in [0.1, 0.15) is 34.8 Å².